The summed E-state index contributed by atoms with van der Waals surface area (Å²) in [5.41, 5.74) is 0.170. The minimum Gasteiger partial charge on any atom is -0.338 e. The number of piperidine rings is 1. The Hall–Kier alpha value is -3.69. The maximum Gasteiger partial charge on any atom is 0.451 e. The number of hydrogen-bond acceptors (Lipinski definition) is 4. The topological polar surface area (TPSA) is 77.2 Å². The fraction of sp³-hybridized carbons (Fsp3) is 0.304. The molecule has 1 aliphatic rings. The zero-order valence-electron chi connectivity index (χ0n) is 17.7. The average Bonchev–Trinajstić information content (AvgIpc) is 3.13. The molecule has 7 nitrogen and oxygen atoms in total. The second-order valence-corrected chi connectivity index (χ2v) is 7.87. The third-order valence-corrected chi connectivity index (χ3v) is 5.79. The van der Waals surface area contributed by atoms with Gasteiger partial charge in [-0.25, -0.2) is 9.48 Å². The van der Waals surface area contributed by atoms with Crippen molar-refractivity contribution in [3.05, 3.63) is 87.6 Å². The van der Waals surface area contributed by atoms with Crippen molar-refractivity contribution in [3.63, 3.8) is 0 Å². The summed E-state index contributed by atoms with van der Waals surface area (Å²) in [4.78, 5) is 39.9. The van der Waals surface area contributed by atoms with Crippen molar-refractivity contribution in [1.82, 2.24) is 19.2 Å². The molecule has 1 saturated heterocycles. The number of nitrogens with zero attached hydrogens (tertiary/aromatic N) is 4. The molecule has 0 saturated carbocycles. The molecule has 4 rings (SSSR count). The van der Waals surface area contributed by atoms with Crippen LogP contribution in [0.3, 0.4) is 0 Å². The number of carbonyl (C=O) groups excluding carboxylic acids is 2. The van der Waals surface area contributed by atoms with E-state index in [2.05, 4.69) is 5.10 Å². The Morgan fingerprint density at radius 2 is 1.52 bits per heavy atom. The molecule has 2 heterocycles. The van der Waals surface area contributed by atoms with Crippen molar-refractivity contribution in [2.24, 2.45) is 7.05 Å². The number of benzene rings is 2. The lowest BCUT2D eigenvalue weighted by Gasteiger charge is -2.32. The number of ketones is 1. The van der Waals surface area contributed by atoms with E-state index in [1.165, 1.54) is 0 Å². The van der Waals surface area contributed by atoms with Crippen LogP contribution in [-0.4, -0.2) is 44.0 Å². The highest BCUT2D eigenvalue weighted by Crippen LogP contribution is 2.28. The highest BCUT2D eigenvalue weighted by Gasteiger charge is 2.39. The SMILES string of the molecule is Cn1c(C(F)(F)F)nn(C2CCN(C(=O)c3ccccc3C(=O)c3ccccc3)CC2)c1=O. The first-order valence-corrected chi connectivity index (χ1v) is 10.4. The van der Waals surface area contributed by atoms with Gasteiger partial charge >= 0.3 is 11.9 Å². The van der Waals surface area contributed by atoms with Crippen molar-refractivity contribution in [3.8, 4) is 0 Å². The van der Waals surface area contributed by atoms with Gasteiger partial charge in [-0.15, -0.1) is 5.10 Å². The van der Waals surface area contributed by atoms with Crippen LogP contribution in [0.5, 0.6) is 0 Å². The first-order valence-electron chi connectivity index (χ1n) is 10.4. The second kappa shape index (κ2) is 8.68. The number of amides is 1. The quantitative estimate of drug-likeness (QED) is 0.562. The Kier molecular flexibility index (Phi) is 5.92. The lowest BCUT2D eigenvalue weighted by atomic mass is 9.96. The van der Waals surface area contributed by atoms with Gasteiger partial charge in [-0.2, -0.15) is 13.2 Å². The van der Waals surface area contributed by atoms with E-state index in [9.17, 15) is 27.6 Å². The normalized spacial score (nSPS) is 15.0. The van der Waals surface area contributed by atoms with Gasteiger partial charge in [0.1, 0.15) is 0 Å². The van der Waals surface area contributed by atoms with E-state index in [0.717, 1.165) is 11.7 Å². The van der Waals surface area contributed by atoms with E-state index in [1.54, 1.807) is 59.5 Å². The molecule has 0 spiro atoms. The molecule has 33 heavy (non-hydrogen) atoms. The number of hydrogen-bond donors (Lipinski definition) is 0. The third kappa shape index (κ3) is 4.33. The van der Waals surface area contributed by atoms with Crippen LogP contribution < -0.4 is 5.69 Å². The predicted octanol–water partition coefficient (Wildman–Crippen LogP) is 3.31. The molecule has 1 amide bonds. The summed E-state index contributed by atoms with van der Waals surface area (Å²) in [5.74, 6) is -1.86. The Bertz CT molecular complexity index is 1240. The molecule has 0 bridgehead atoms. The Morgan fingerprint density at radius 3 is 2.09 bits per heavy atom. The lowest BCUT2D eigenvalue weighted by Crippen LogP contribution is -2.41. The van der Waals surface area contributed by atoms with Gasteiger partial charge < -0.3 is 4.90 Å². The van der Waals surface area contributed by atoms with Gasteiger partial charge in [0.2, 0.25) is 5.82 Å². The van der Waals surface area contributed by atoms with Gasteiger partial charge in [0.05, 0.1) is 11.6 Å². The van der Waals surface area contributed by atoms with Crippen LogP contribution in [0.2, 0.25) is 0 Å². The molecule has 0 radical (unpaired) electrons. The number of aromatic nitrogens is 3. The van der Waals surface area contributed by atoms with Gasteiger partial charge in [0, 0.05) is 31.3 Å². The molecule has 1 aliphatic heterocycles. The standard InChI is InChI=1S/C23H21F3N4O3/c1-28-21(23(24,25)26)27-30(22(28)33)16-11-13-29(14-12-16)20(32)18-10-6-5-9-17(18)19(31)15-7-3-2-4-8-15/h2-10,16H,11-14H2,1H3. The summed E-state index contributed by atoms with van der Waals surface area (Å²) in [5, 5.41) is 3.50. The fourth-order valence-electron chi connectivity index (χ4n) is 4.04. The maximum atomic E-state index is 13.2. The monoisotopic (exact) mass is 458 g/mol. The minimum atomic E-state index is -4.73. The van der Waals surface area contributed by atoms with E-state index in [-0.39, 0.29) is 48.7 Å². The van der Waals surface area contributed by atoms with Crippen molar-refractivity contribution < 1.29 is 22.8 Å². The van der Waals surface area contributed by atoms with Crippen molar-refractivity contribution >= 4 is 11.7 Å². The largest absolute Gasteiger partial charge is 0.451 e. The number of rotatable bonds is 4. The first kappa shape index (κ1) is 22.5. The fourth-order valence-corrected chi connectivity index (χ4v) is 4.04. The second-order valence-electron chi connectivity index (χ2n) is 7.87. The van der Waals surface area contributed by atoms with Crippen LogP contribution in [0.1, 0.15) is 51.0 Å². The summed E-state index contributed by atoms with van der Waals surface area (Å²) in [6.07, 6.45) is -4.19. The van der Waals surface area contributed by atoms with Crippen LogP contribution in [0, 0.1) is 0 Å². The predicted molar refractivity (Wildman–Crippen MR) is 113 cm³/mol. The van der Waals surface area contributed by atoms with Gasteiger partial charge in [-0.3, -0.25) is 14.2 Å². The Balaban J connectivity index is 1.52. The van der Waals surface area contributed by atoms with Crippen molar-refractivity contribution in [2.45, 2.75) is 25.1 Å². The molecule has 0 atom stereocenters. The van der Waals surface area contributed by atoms with Gasteiger partial charge in [-0.05, 0) is 18.9 Å². The smallest absolute Gasteiger partial charge is 0.338 e. The van der Waals surface area contributed by atoms with E-state index in [0.29, 0.717) is 10.1 Å². The summed E-state index contributed by atoms with van der Waals surface area (Å²) >= 11 is 0. The third-order valence-electron chi connectivity index (χ3n) is 5.79. The van der Waals surface area contributed by atoms with Crippen molar-refractivity contribution in [2.75, 3.05) is 13.1 Å². The zero-order valence-corrected chi connectivity index (χ0v) is 17.7. The molecule has 1 aromatic heterocycles. The van der Waals surface area contributed by atoms with E-state index in [1.807, 2.05) is 0 Å². The number of likely N-dealkylation sites (tertiary alicyclic amines) is 1. The molecule has 10 heteroatoms. The van der Waals surface area contributed by atoms with Crippen LogP contribution in [0.25, 0.3) is 0 Å². The van der Waals surface area contributed by atoms with Gasteiger partial charge in [0.25, 0.3) is 5.91 Å². The van der Waals surface area contributed by atoms with Crippen LogP contribution >= 0.6 is 0 Å². The van der Waals surface area contributed by atoms with E-state index >= 15 is 0 Å². The highest BCUT2D eigenvalue weighted by molar-refractivity contribution is 6.15. The number of carbonyl (C=O) groups is 2. The van der Waals surface area contributed by atoms with E-state index in [4.69, 9.17) is 0 Å². The minimum absolute atomic E-state index is 0.224. The lowest BCUT2D eigenvalue weighted by molar-refractivity contribution is -0.147. The van der Waals surface area contributed by atoms with Gasteiger partial charge in [-0.1, -0.05) is 48.5 Å². The molecule has 2 aromatic carbocycles. The highest BCUT2D eigenvalue weighted by atomic mass is 19.4. The number of halogens is 3. The Labute approximate surface area is 187 Å². The number of alkyl halides is 3. The first-order chi connectivity index (χ1) is 15.7. The molecule has 1 fully saturated rings. The molecule has 172 valence electrons. The van der Waals surface area contributed by atoms with Crippen LogP contribution in [0.15, 0.2) is 59.4 Å². The maximum absolute atomic E-state index is 13.2. The summed E-state index contributed by atoms with van der Waals surface area (Å²) in [6, 6.07) is 14.6. The van der Waals surface area contributed by atoms with Gasteiger partial charge in [0.15, 0.2) is 5.78 Å². The van der Waals surface area contributed by atoms with Crippen LogP contribution in [0.4, 0.5) is 13.2 Å². The average molecular weight is 458 g/mol. The summed E-state index contributed by atoms with van der Waals surface area (Å²) in [7, 11) is 1.04. The van der Waals surface area contributed by atoms with E-state index < -0.39 is 23.7 Å². The molecular formula is C23H21F3N4O3. The molecule has 3 aromatic rings. The van der Waals surface area contributed by atoms with Crippen molar-refractivity contribution in [1.29, 1.82) is 0 Å². The molecular weight excluding hydrogens is 437 g/mol. The summed E-state index contributed by atoms with van der Waals surface area (Å²) < 4.78 is 40.6. The Morgan fingerprint density at radius 1 is 0.939 bits per heavy atom. The summed E-state index contributed by atoms with van der Waals surface area (Å²) in [6.45, 7) is 0.448. The zero-order chi connectivity index (χ0) is 23.8. The van der Waals surface area contributed by atoms with Crippen LogP contribution in [-0.2, 0) is 13.2 Å². The molecule has 0 aliphatic carbocycles. The molecule has 0 unspecified atom stereocenters. The molecule has 0 N–H and O–H groups in total.